The molecule has 26 heavy (non-hydrogen) atoms. The molecule has 0 spiro atoms. The van der Waals surface area contributed by atoms with E-state index < -0.39 is 0 Å². The van der Waals surface area contributed by atoms with Gasteiger partial charge < -0.3 is 4.79 Å². The minimum absolute atomic E-state index is 0.485. The fourth-order valence-electron chi connectivity index (χ4n) is 2.67. The molecule has 2 rings (SSSR count). The normalized spacial score (nSPS) is 15.3. The summed E-state index contributed by atoms with van der Waals surface area (Å²) in [6.07, 6.45) is 11.2. The highest BCUT2D eigenvalue weighted by atomic mass is 32.2. The highest BCUT2D eigenvalue weighted by Gasteiger charge is 2.20. The van der Waals surface area contributed by atoms with Gasteiger partial charge in [-0.3, -0.25) is 4.99 Å². The molecule has 0 saturated carbocycles. The highest BCUT2D eigenvalue weighted by Crippen LogP contribution is 2.40. The van der Waals surface area contributed by atoms with Crippen LogP contribution in [-0.2, 0) is 4.79 Å². The van der Waals surface area contributed by atoms with Crippen molar-refractivity contribution in [3.8, 4) is 0 Å². The zero-order valence-electron chi connectivity index (χ0n) is 15.6. The number of allylic oxidation sites excluding steroid dienone is 7. The predicted octanol–water partition coefficient (Wildman–Crippen LogP) is 6.56. The number of aldehydes is 1. The highest BCUT2D eigenvalue weighted by molar-refractivity contribution is 8.03. The molecule has 1 aliphatic heterocycles. The Kier molecular flexibility index (Phi) is 8.20. The minimum atomic E-state index is 0.485. The lowest BCUT2D eigenvalue weighted by molar-refractivity contribution is -0.107. The maximum atomic E-state index is 10.4. The Balaban J connectivity index is 2.45. The van der Waals surface area contributed by atoms with Crippen LogP contribution in [0, 0.1) is 0 Å². The zero-order valence-corrected chi connectivity index (χ0v) is 17.3. The SMILES string of the molecule is C=C/C(C)=C(\SC)C1=NC(C)=C(CC/C=C\CC=O)Sc2ccccc21. The number of aliphatic imine (C=N–C) groups is 1. The molecule has 0 saturated heterocycles. The van der Waals surface area contributed by atoms with Gasteiger partial charge in [-0.25, -0.2) is 0 Å². The number of thioether (sulfide) groups is 2. The van der Waals surface area contributed by atoms with Gasteiger partial charge in [-0.15, -0.1) is 11.8 Å². The Morgan fingerprint density at radius 3 is 2.77 bits per heavy atom. The van der Waals surface area contributed by atoms with Gasteiger partial charge in [-0.1, -0.05) is 54.8 Å². The second-order valence-electron chi connectivity index (χ2n) is 5.90. The van der Waals surface area contributed by atoms with Crippen LogP contribution in [0.25, 0.3) is 0 Å². The molecule has 136 valence electrons. The summed E-state index contributed by atoms with van der Waals surface area (Å²) in [7, 11) is 0. The average molecular weight is 384 g/mol. The van der Waals surface area contributed by atoms with Crippen LogP contribution in [0.2, 0.25) is 0 Å². The first-order chi connectivity index (χ1) is 12.6. The lowest BCUT2D eigenvalue weighted by Gasteiger charge is -2.13. The molecule has 2 nitrogen and oxygen atoms in total. The molecule has 0 bridgehead atoms. The molecule has 0 amide bonds. The van der Waals surface area contributed by atoms with Crippen LogP contribution in [0.5, 0.6) is 0 Å². The molecule has 0 unspecified atom stereocenters. The fraction of sp³-hybridized carbons (Fsp3) is 0.273. The molecule has 0 N–H and O–H groups in total. The molecular formula is C22H25NOS2. The second kappa shape index (κ2) is 10.4. The van der Waals surface area contributed by atoms with Crippen molar-refractivity contribution in [2.45, 2.75) is 38.0 Å². The molecule has 1 aliphatic rings. The van der Waals surface area contributed by atoms with Crippen molar-refractivity contribution in [1.82, 2.24) is 0 Å². The van der Waals surface area contributed by atoms with Gasteiger partial charge in [0.1, 0.15) is 6.29 Å². The van der Waals surface area contributed by atoms with Gasteiger partial charge in [-0.2, -0.15) is 0 Å². The van der Waals surface area contributed by atoms with Crippen molar-refractivity contribution in [2.24, 2.45) is 4.99 Å². The van der Waals surface area contributed by atoms with Crippen molar-refractivity contribution in [3.05, 3.63) is 75.7 Å². The minimum Gasteiger partial charge on any atom is -0.303 e. The molecule has 0 fully saturated rings. The van der Waals surface area contributed by atoms with E-state index in [-0.39, 0.29) is 0 Å². The third-order valence-electron chi connectivity index (χ3n) is 4.08. The van der Waals surface area contributed by atoms with E-state index in [2.05, 4.69) is 57.0 Å². The molecule has 0 aliphatic carbocycles. The summed E-state index contributed by atoms with van der Waals surface area (Å²) in [5.41, 5.74) is 4.41. The van der Waals surface area contributed by atoms with E-state index in [0.717, 1.165) is 36.1 Å². The van der Waals surface area contributed by atoms with Crippen LogP contribution < -0.4 is 0 Å². The maximum Gasteiger partial charge on any atom is 0.123 e. The first-order valence-corrected chi connectivity index (χ1v) is 10.7. The van der Waals surface area contributed by atoms with Gasteiger partial charge in [0.15, 0.2) is 0 Å². The Morgan fingerprint density at radius 1 is 1.31 bits per heavy atom. The van der Waals surface area contributed by atoms with E-state index in [1.54, 1.807) is 23.5 Å². The Labute approximate surface area is 165 Å². The number of carbonyl (C=O) groups is 1. The molecule has 1 aromatic rings. The fourth-order valence-corrected chi connectivity index (χ4v) is 4.53. The van der Waals surface area contributed by atoms with E-state index >= 15 is 0 Å². The van der Waals surface area contributed by atoms with Crippen LogP contribution in [0.4, 0.5) is 0 Å². The van der Waals surface area contributed by atoms with Gasteiger partial charge in [0.2, 0.25) is 0 Å². The number of fused-ring (bicyclic) bond motifs is 1. The summed E-state index contributed by atoms with van der Waals surface area (Å²) in [6.45, 7) is 8.10. The summed E-state index contributed by atoms with van der Waals surface area (Å²) < 4.78 is 0. The number of hydrogen-bond acceptors (Lipinski definition) is 4. The summed E-state index contributed by atoms with van der Waals surface area (Å²) in [6, 6.07) is 8.46. The summed E-state index contributed by atoms with van der Waals surface area (Å²) >= 11 is 3.52. The van der Waals surface area contributed by atoms with Crippen molar-refractivity contribution in [3.63, 3.8) is 0 Å². The topological polar surface area (TPSA) is 29.4 Å². The monoisotopic (exact) mass is 383 g/mol. The molecule has 0 atom stereocenters. The molecule has 4 heteroatoms. The van der Waals surface area contributed by atoms with Crippen molar-refractivity contribution >= 4 is 35.5 Å². The summed E-state index contributed by atoms with van der Waals surface area (Å²) in [4.78, 5) is 19.1. The molecule has 1 heterocycles. The third kappa shape index (κ3) is 5.12. The van der Waals surface area contributed by atoms with Crippen LogP contribution >= 0.6 is 23.5 Å². The number of nitrogens with zero attached hydrogens (tertiary/aromatic N) is 1. The van der Waals surface area contributed by atoms with E-state index in [4.69, 9.17) is 4.99 Å². The number of carbonyl (C=O) groups excluding carboxylic acids is 1. The Hall–Kier alpha value is -1.78. The largest absolute Gasteiger partial charge is 0.303 e. The lowest BCUT2D eigenvalue weighted by atomic mass is 10.1. The van der Waals surface area contributed by atoms with E-state index in [0.29, 0.717) is 6.42 Å². The van der Waals surface area contributed by atoms with Crippen molar-refractivity contribution in [1.29, 1.82) is 0 Å². The predicted molar refractivity (Wildman–Crippen MR) is 117 cm³/mol. The van der Waals surface area contributed by atoms with Gasteiger partial charge in [0, 0.05) is 32.4 Å². The quantitative estimate of drug-likeness (QED) is 0.289. The lowest BCUT2D eigenvalue weighted by Crippen LogP contribution is -2.05. The number of benzene rings is 1. The van der Waals surface area contributed by atoms with Gasteiger partial charge in [0.25, 0.3) is 0 Å². The smallest absolute Gasteiger partial charge is 0.123 e. The van der Waals surface area contributed by atoms with Crippen LogP contribution in [-0.4, -0.2) is 18.3 Å². The molecular weight excluding hydrogens is 358 g/mol. The standard InChI is InChI=1S/C22H25NOS2/c1-5-16(2)22(25-4)21-18-12-9-10-14-20(18)26-19(17(3)23-21)13-8-6-7-11-15-24/h5-7,9-10,12,14-15H,1,8,11,13H2,2-4H3/b7-6-,22-16-. The first kappa shape index (κ1) is 20.5. The van der Waals surface area contributed by atoms with Gasteiger partial charge in [-0.05, 0) is 44.6 Å². The van der Waals surface area contributed by atoms with Crippen LogP contribution in [0.15, 0.2) is 80.0 Å². The molecule has 0 radical (unpaired) electrons. The second-order valence-corrected chi connectivity index (χ2v) is 7.85. The molecule has 1 aromatic carbocycles. The van der Waals surface area contributed by atoms with E-state index in [1.807, 2.05) is 12.2 Å². The summed E-state index contributed by atoms with van der Waals surface area (Å²) in [5.74, 6) is 0. The Morgan fingerprint density at radius 2 is 2.08 bits per heavy atom. The summed E-state index contributed by atoms with van der Waals surface area (Å²) in [5, 5.41) is 0. The Bertz CT molecular complexity index is 800. The van der Waals surface area contributed by atoms with Crippen LogP contribution in [0.1, 0.15) is 38.7 Å². The van der Waals surface area contributed by atoms with E-state index in [9.17, 15) is 4.79 Å². The number of hydrogen-bond donors (Lipinski definition) is 0. The van der Waals surface area contributed by atoms with Crippen molar-refractivity contribution < 1.29 is 4.79 Å². The number of rotatable bonds is 8. The van der Waals surface area contributed by atoms with Gasteiger partial charge in [0.05, 0.1) is 5.71 Å². The first-order valence-electron chi connectivity index (χ1n) is 8.64. The van der Waals surface area contributed by atoms with Crippen LogP contribution in [0.3, 0.4) is 0 Å². The average Bonchev–Trinajstić information content (AvgIpc) is 2.79. The van der Waals surface area contributed by atoms with E-state index in [1.165, 1.54) is 20.3 Å². The zero-order chi connectivity index (χ0) is 18.9. The van der Waals surface area contributed by atoms with Crippen molar-refractivity contribution in [2.75, 3.05) is 6.26 Å². The molecule has 0 aromatic heterocycles. The third-order valence-corrected chi connectivity index (χ3v) is 6.32. The van der Waals surface area contributed by atoms with Gasteiger partial charge >= 0.3 is 0 Å². The maximum absolute atomic E-state index is 10.4.